The summed E-state index contributed by atoms with van der Waals surface area (Å²) in [5.41, 5.74) is 0. The van der Waals surface area contributed by atoms with Crippen molar-refractivity contribution >= 4 is 52.4 Å². The molecule has 0 saturated carbocycles. The first-order valence-electron chi connectivity index (χ1n) is 16.4. The second-order valence-electron chi connectivity index (χ2n) is 12.0. The lowest BCUT2D eigenvalue weighted by molar-refractivity contribution is 0.213. The molecular formula is C33H44ClF2N3O9S4. The van der Waals surface area contributed by atoms with Gasteiger partial charge in [0.05, 0.1) is 34.5 Å². The molecule has 3 aromatic carbocycles. The summed E-state index contributed by atoms with van der Waals surface area (Å²) in [4.78, 5) is 0.577. The van der Waals surface area contributed by atoms with Gasteiger partial charge in [-0.1, -0.05) is 18.2 Å². The number of sulfonamides is 2. The predicted octanol–water partition coefficient (Wildman–Crippen LogP) is 3.58. The summed E-state index contributed by atoms with van der Waals surface area (Å²) in [6, 6.07) is 15.7. The summed E-state index contributed by atoms with van der Waals surface area (Å²) in [5.74, 6) is -1.20. The van der Waals surface area contributed by atoms with Crippen molar-refractivity contribution in [1.82, 2.24) is 13.9 Å². The molecule has 4 N–H and O–H groups in total. The number of aliphatic hydroxyl groups excluding tert-OH is 3. The zero-order chi connectivity index (χ0) is 38.5. The number of aliphatic hydroxyl groups is 3. The van der Waals surface area contributed by atoms with Gasteiger partial charge in [-0.15, -0.1) is 12.6 Å². The molecule has 0 bridgehead atoms. The lowest BCUT2D eigenvalue weighted by atomic mass is 10.2. The van der Waals surface area contributed by atoms with Gasteiger partial charge in [0.15, 0.2) is 0 Å². The van der Waals surface area contributed by atoms with Crippen LogP contribution in [0.4, 0.5) is 8.78 Å². The molecule has 3 fully saturated rings. The molecular weight excluding hydrogens is 784 g/mol. The molecule has 3 saturated heterocycles. The Balaban J connectivity index is 0.000000196. The third kappa shape index (κ3) is 12.7. The van der Waals surface area contributed by atoms with Gasteiger partial charge in [-0.25, -0.2) is 34.0 Å². The van der Waals surface area contributed by atoms with Crippen LogP contribution in [0.1, 0.15) is 38.5 Å². The molecule has 0 unspecified atom stereocenters. The molecule has 3 aliphatic rings. The number of nitrogens with zero attached hydrogens (tertiary/aromatic N) is 2. The van der Waals surface area contributed by atoms with Gasteiger partial charge in [0, 0.05) is 46.8 Å². The summed E-state index contributed by atoms with van der Waals surface area (Å²) >= 11 is 4.14. The fourth-order valence-electron chi connectivity index (χ4n) is 5.69. The van der Waals surface area contributed by atoms with Crippen LogP contribution in [0.25, 0.3) is 0 Å². The van der Waals surface area contributed by atoms with Crippen molar-refractivity contribution in [2.75, 3.05) is 39.5 Å². The molecule has 19 heteroatoms. The van der Waals surface area contributed by atoms with E-state index in [1.807, 2.05) is 0 Å². The zero-order valence-corrected chi connectivity index (χ0v) is 32.2. The van der Waals surface area contributed by atoms with E-state index in [4.69, 9.17) is 20.9 Å². The van der Waals surface area contributed by atoms with E-state index >= 15 is 0 Å². The highest BCUT2D eigenvalue weighted by Crippen LogP contribution is 2.27. The molecule has 0 amide bonds. The minimum Gasteiger partial charge on any atom is -0.395 e. The lowest BCUT2D eigenvalue weighted by Gasteiger charge is -2.22. The lowest BCUT2D eigenvalue weighted by Crippen LogP contribution is -2.37. The molecule has 3 aromatic rings. The van der Waals surface area contributed by atoms with Gasteiger partial charge in [0.1, 0.15) is 11.6 Å². The van der Waals surface area contributed by atoms with Crippen LogP contribution in [0.15, 0.2) is 92.4 Å². The molecule has 6 rings (SSSR count). The molecule has 290 valence electrons. The highest BCUT2D eigenvalue weighted by Gasteiger charge is 2.36. The second-order valence-corrected chi connectivity index (χ2v) is 18.9. The Kier molecular flexibility index (Phi) is 17.4. The standard InChI is InChI=1S/C11H14FNO3S.C11H15NO3S2.C6H4ClFO2S.C5H11NO/c12-9-3-1-5-11(7-9)17(15,16)13-6-2-4-10(13)8-14;13-8-9-3-2-6-12(9)17(14,15)11-5-1-4-10(16)7-11;7-11(9,10)6-3-1-2-5(8)4-6;7-4-5-2-1-3-6-5/h1,3,5,7,10,14H,2,4,6,8H2;1,4-5,7,9,13,16H,2-3,6,8H2;1-4H;5-7H,1-4H2/t10-;9-;;5-/m00.0/s1. The van der Waals surface area contributed by atoms with E-state index in [0.29, 0.717) is 37.1 Å². The SMILES string of the molecule is O=S(=O)(Cl)c1cccc(F)c1.O=S(=O)(c1cccc(F)c1)N1CCC[C@H]1CO.O=S(=O)(c1cccc(S)c1)N1CCC[C@H]1CO.OC[C@@H]1CCCN1. The maximum atomic E-state index is 13.0. The van der Waals surface area contributed by atoms with E-state index in [0.717, 1.165) is 50.4 Å². The van der Waals surface area contributed by atoms with Gasteiger partial charge in [0.2, 0.25) is 20.0 Å². The first-order chi connectivity index (χ1) is 24.5. The third-order valence-electron chi connectivity index (χ3n) is 8.35. The number of hydrogen-bond acceptors (Lipinski definition) is 11. The largest absolute Gasteiger partial charge is 0.395 e. The van der Waals surface area contributed by atoms with Crippen molar-refractivity contribution < 1.29 is 49.4 Å². The van der Waals surface area contributed by atoms with Crippen molar-refractivity contribution in [3.63, 3.8) is 0 Å². The highest BCUT2D eigenvalue weighted by atomic mass is 35.7. The van der Waals surface area contributed by atoms with E-state index in [1.54, 1.807) is 18.2 Å². The fourth-order valence-corrected chi connectivity index (χ4v) is 10.2. The summed E-state index contributed by atoms with van der Waals surface area (Å²) < 4.78 is 98.3. The number of halogens is 3. The minimum absolute atomic E-state index is 0.0575. The Labute approximate surface area is 314 Å². The molecule has 0 spiro atoms. The summed E-state index contributed by atoms with van der Waals surface area (Å²) in [6.45, 7) is 1.92. The second kappa shape index (κ2) is 20.5. The molecule has 0 radical (unpaired) electrons. The first kappa shape index (κ1) is 44.2. The maximum absolute atomic E-state index is 13.0. The highest BCUT2D eigenvalue weighted by molar-refractivity contribution is 8.13. The van der Waals surface area contributed by atoms with Crippen molar-refractivity contribution in [2.45, 2.75) is 76.2 Å². The molecule has 3 aliphatic heterocycles. The Morgan fingerprint density at radius 1 is 0.673 bits per heavy atom. The van der Waals surface area contributed by atoms with Gasteiger partial charge >= 0.3 is 0 Å². The monoisotopic (exact) mass is 827 g/mol. The minimum atomic E-state index is -3.79. The third-order valence-corrected chi connectivity index (χ3v) is 13.9. The Hall–Kier alpha value is -2.23. The van der Waals surface area contributed by atoms with Crippen LogP contribution < -0.4 is 5.32 Å². The van der Waals surface area contributed by atoms with E-state index in [2.05, 4.69) is 17.9 Å². The molecule has 0 aliphatic carbocycles. The summed E-state index contributed by atoms with van der Waals surface area (Å²) in [5, 5.41) is 30.0. The topological polar surface area (TPSA) is 182 Å². The first-order valence-corrected chi connectivity index (χ1v) is 22.0. The molecule has 52 heavy (non-hydrogen) atoms. The van der Waals surface area contributed by atoms with Crippen molar-refractivity contribution in [3.05, 3.63) is 84.4 Å². The van der Waals surface area contributed by atoms with Gasteiger partial charge in [0.25, 0.3) is 9.05 Å². The fraction of sp³-hybridized carbons (Fsp3) is 0.455. The van der Waals surface area contributed by atoms with Gasteiger partial charge < -0.3 is 20.6 Å². The van der Waals surface area contributed by atoms with Crippen LogP contribution >= 0.6 is 23.3 Å². The van der Waals surface area contributed by atoms with Crippen LogP contribution in [0.3, 0.4) is 0 Å². The molecule has 12 nitrogen and oxygen atoms in total. The Bertz CT molecular complexity index is 1830. The van der Waals surface area contributed by atoms with Crippen molar-refractivity contribution in [2.24, 2.45) is 0 Å². The van der Waals surface area contributed by atoms with Crippen LogP contribution in [-0.4, -0.2) is 107 Å². The van der Waals surface area contributed by atoms with Gasteiger partial charge in [-0.05, 0) is 99.7 Å². The van der Waals surface area contributed by atoms with Gasteiger partial charge in [-0.3, -0.25) is 0 Å². The number of benzene rings is 3. The zero-order valence-electron chi connectivity index (χ0n) is 28.1. The maximum Gasteiger partial charge on any atom is 0.261 e. The quantitative estimate of drug-likeness (QED) is 0.167. The van der Waals surface area contributed by atoms with Crippen LogP contribution in [0.5, 0.6) is 0 Å². The Morgan fingerprint density at radius 3 is 1.50 bits per heavy atom. The normalized spacial score (nSPS) is 20.9. The molecule has 3 atom stereocenters. The van der Waals surface area contributed by atoms with Crippen molar-refractivity contribution in [3.8, 4) is 0 Å². The van der Waals surface area contributed by atoms with Gasteiger partial charge in [-0.2, -0.15) is 8.61 Å². The van der Waals surface area contributed by atoms with E-state index in [9.17, 15) is 39.1 Å². The Morgan fingerprint density at radius 2 is 1.13 bits per heavy atom. The summed E-state index contributed by atoms with van der Waals surface area (Å²) in [7, 11) is -6.04. The van der Waals surface area contributed by atoms with Crippen LogP contribution in [0.2, 0.25) is 0 Å². The van der Waals surface area contributed by atoms with E-state index < -0.39 is 40.7 Å². The van der Waals surface area contributed by atoms with E-state index in [-0.39, 0.29) is 40.0 Å². The number of thiol groups is 1. The molecule has 0 aromatic heterocycles. The van der Waals surface area contributed by atoms with Crippen LogP contribution in [-0.2, 0) is 29.1 Å². The summed E-state index contributed by atoms with van der Waals surface area (Å²) in [6.07, 6.45) is 5.26. The number of rotatable bonds is 8. The van der Waals surface area contributed by atoms with E-state index in [1.165, 1.54) is 51.4 Å². The predicted molar refractivity (Wildman–Crippen MR) is 196 cm³/mol. The number of nitrogens with one attached hydrogen (secondary N) is 1. The smallest absolute Gasteiger partial charge is 0.261 e. The number of hydrogen-bond donors (Lipinski definition) is 5. The molecule has 3 heterocycles. The average molecular weight is 828 g/mol. The van der Waals surface area contributed by atoms with Crippen LogP contribution in [0, 0.1) is 11.6 Å². The van der Waals surface area contributed by atoms with Crippen molar-refractivity contribution in [1.29, 1.82) is 0 Å². The average Bonchev–Trinajstić information content (AvgIpc) is 3.91.